The molecule has 0 unspecified atom stereocenters. The summed E-state index contributed by atoms with van der Waals surface area (Å²) in [6.07, 6.45) is 47.9. The number of Topliss-reactive ketones (excluding diaryl/α,β-unsaturated/α-hetero) is 1. The van der Waals surface area contributed by atoms with E-state index in [4.69, 9.17) is 18.9 Å². The maximum absolute atomic E-state index is 13.7. The van der Waals surface area contributed by atoms with E-state index in [1.54, 1.807) is 0 Å². The molecule has 0 radical (unpaired) electrons. The van der Waals surface area contributed by atoms with E-state index in [-0.39, 0.29) is 54.5 Å². The monoisotopic (exact) mass is 1080 g/mol. The predicted octanol–water partition coefficient (Wildman–Crippen LogP) is 18.9. The van der Waals surface area contributed by atoms with Crippen molar-refractivity contribution in [3.8, 4) is 0 Å². The summed E-state index contributed by atoms with van der Waals surface area (Å²) in [5, 5.41) is 0. The second-order valence-corrected chi connectivity index (χ2v) is 26.9. The van der Waals surface area contributed by atoms with Crippen molar-refractivity contribution in [3.05, 3.63) is 0 Å². The molecule has 0 N–H and O–H groups in total. The Balaban J connectivity index is 1.10. The van der Waals surface area contributed by atoms with E-state index >= 15 is 0 Å². The number of hydrogen-bond acceptors (Lipinski definition) is 9. The van der Waals surface area contributed by atoms with E-state index < -0.39 is 11.5 Å². The smallest absolute Gasteiger partial charge is 0.312 e. The van der Waals surface area contributed by atoms with Crippen molar-refractivity contribution in [2.24, 2.45) is 45.8 Å². The summed E-state index contributed by atoms with van der Waals surface area (Å²) in [5.41, 5.74) is -0.260. The zero-order chi connectivity index (χ0) is 55.8. The van der Waals surface area contributed by atoms with Crippen molar-refractivity contribution in [1.82, 2.24) is 0 Å². The minimum absolute atomic E-state index is 0.0306. The van der Waals surface area contributed by atoms with Crippen molar-refractivity contribution >= 4 is 29.7 Å². The third kappa shape index (κ3) is 24.3. The fourth-order valence-corrected chi connectivity index (χ4v) is 15.2. The number of ether oxygens (including phenoxy) is 4. The first-order chi connectivity index (χ1) is 37.1. The number of fused-ring (bicyclic) bond motifs is 5. The average Bonchev–Trinajstić information content (AvgIpc) is 3.81. The highest BCUT2D eigenvalue weighted by atomic mass is 16.6. The van der Waals surface area contributed by atoms with Gasteiger partial charge in [-0.2, -0.15) is 0 Å². The largest absolute Gasteiger partial charge is 0.462 e. The molecule has 9 heteroatoms. The Morgan fingerprint density at radius 2 is 0.896 bits per heavy atom. The quantitative estimate of drug-likeness (QED) is 0.0333. The molecule has 0 aromatic heterocycles. The standard InChI is InChI=1S/C68H120O9/c1-8-10-12-14-16-18-20-22-24-26-28-31-35-39-62(70)74-52-57(53-75-63(71)40-36-32-29-27-25-23-21-19-17-15-13-11-9-2)77-65(73)66(4,5)48-38-34-30-33-37-41-64(72)76-56-46-49-67(6)55(51-56)42-43-58-60-45-44-59(54(3)69)68(60,7)50-47-61(58)67/h55-61H,8-53H2,1-7H3/t55-,56+,58-,59+,60-,61-,67-,68+/m0/s1. The lowest BCUT2D eigenvalue weighted by atomic mass is 9.44. The Labute approximate surface area is 472 Å². The molecule has 446 valence electrons. The minimum atomic E-state index is -0.857. The lowest BCUT2D eigenvalue weighted by Crippen LogP contribution is -2.54. The van der Waals surface area contributed by atoms with Crippen LogP contribution in [0.3, 0.4) is 0 Å². The molecule has 4 fully saturated rings. The van der Waals surface area contributed by atoms with Gasteiger partial charge in [-0.25, -0.2) is 0 Å². The summed E-state index contributed by atoms with van der Waals surface area (Å²) in [6, 6.07) is 0. The van der Waals surface area contributed by atoms with Gasteiger partial charge in [0.05, 0.1) is 5.41 Å². The fourth-order valence-electron chi connectivity index (χ4n) is 15.2. The van der Waals surface area contributed by atoms with Crippen molar-refractivity contribution in [1.29, 1.82) is 0 Å². The summed E-state index contributed by atoms with van der Waals surface area (Å²) < 4.78 is 23.4. The first-order valence-corrected chi connectivity index (χ1v) is 33.4. The molecule has 0 saturated heterocycles. The van der Waals surface area contributed by atoms with Crippen LogP contribution < -0.4 is 0 Å². The van der Waals surface area contributed by atoms with Gasteiger partial charge in [-0.1, -0.05) is 207 Å². The van der Waals surface area contributed by atoms with Crippen LogP contribution >= 0.6 is 0 Å². The Hall–Kier alpha value is -2.45. The first-order valence-electron chi connectivity index (χ1n) is 33.4. The predicted molar refractivity (Wildman–Crippen MR) is 314 cm³/mol. The molecule has 0 aliphatic heterocycles. The zero-order valence-electron chi connectivity index (χ0n) is 51.2. The highest BCUT2D eigenvalue weighted by molar-refractivity contribution is 5.79. The summed E-state index contributed by atoms with van der Waals surface area (Å²) in [7, 11) is 0. The van der Waals surface area contributed by atoms with Crippen LogP contribution in [-0.4, -0.2) is 55.1 Å². The van der Waals surface area contributed by atoms with Crippen molar-refractivity contribution in [2.45, 2.75) is 343 Å². The molecule has 0 bridgehead atoms. The summed E-state index contributed by atoms with van der Waals surface area (Å²) in [4.78, 5) is 65.0. The van der Waals surface area contributed by atoms with E-state index in [2.05, 4.69) is 27.7 Å². The van der Waals surface area contributed by atoms with Crippen molar-refractivity contribution in [2.75, 3.05) is 13.2 Å². The normalized spacial score (nSPS) is 24.9. The number of ketones is 1. The molecule has 0 aromatic rings. The molecule has 8 atom stereocenters. The molecular weight excluding hydrogens is 961 g/mol. The molecule has 0 spiro atoms. The molecule has 0 heterocycles. The molecule has 77 heavy (non-hydrogen) atoms. The van der Waals surface area contributed by atoms with Gasteiger partial charge in [0.15, 0.2) is 6.10 Å². The lowest BCUT2D eigenvalue weighted by molar-refractivity contribution is -0.173. The summed E-state index contributed by atoms with van der Waals surface area (Å²) >= 11 is 0. The van der Waals surface area contributed by atoms with E-state index in [9.17, 15) is 24.0 Å². The zero-order valence-corrected chi connectivity index (χ0v) is 51.2. The Bertz CT molecular complexity index is 1610. The Morgan fingerprint density at radius 1 is 0.481 bits per heavy atom. The first kappa shape index (κ1) is 67.1. The molecule has 0 aromatic carbocycles. The average molecular weight is 1080 g/mol. The van der Waals surface area contributed by atoms with Crippen LogP contribution in [0.1, 0.15) is 331 Å². The Morgan fingerprint density at radius 3 is 1.36 bits per heavy atom. The van der Waals surface area contributed by atoms with Crippen LogP contribution in [0.15, 0.2) is 0 Å². The third-order valence-electron chi connectivity index (χ3n) is 20.2. The maximum atomic E-state index is 13.7. The van der Waals surface area contributed by atoms with Gasteiger partial charge in [-0.15, -0.1) is 0 Å². The van der Waals surface area contributed by atoms with E-state index in [0.717, 1.165) is 108 Å². The number of carbonyl (C=O) groups excluding carboxylic acids is 5. The van der Waals surface area contributed by atoms with Crippen LogP contribution in [0.25, 0.3) is 0 Å². The third-order valence-corrected chi connectivity index (χ3v) is 20.2. The summed E-state index contributed by atoms with van der Waals surface area (Å²) in [5.74, 6) is 2.38. The number of carbonyl (C=O) groups is 5. The number of unbranched alkanes of at least 4 members (excludes halogenated alkanes) is 28. The second kappa shape index (κ2) is 37.5. The van der Waals surface area contributed by atoms with Gasteiger partial charge in [-0.3, -0.25) is 24.0 Å². The topological polar surface area (TPSA) is 122 Å². The van der Waals surface area contributed by atoms with E-state index in [1.165, 1.54) is 161 Å². The van der Waals surface area contributed by atoms with Crippen LogP contribution in [0.4, 0.5) is 0 Å². The lowest BCUT2D eigenvalue weighted by Gasteiger charge is -2.61. The van der Waals surface area contributed by atoms with Crippen LogP contribution in [0, 0.1) is 45.8 Å². The second-order valence-electron chi connectivity index (χ2n) is 26.9. The number of esters is 4. The maximum Gasteiger partial charge on any atom is 0.312 e. The fraction of sp³-hybridized carbons (Fsp3) is 0.926. The molecule has 4 saturated carbocycles. The number of rotatable bonds is 44. The Kier molecular flexibility index (Phi) is 32.7. The molecule has 0 amide bonds. The highest BCUT2D eigenvalue weighted by Gasteiger charge is 2.61. The van der Waals surface area contributed by atoms with E-state index in [1.807, 2.05) is 20.8 Å². The summed E-state index contributed by atoms with van der Waals surface area (Å²) in [6.45, 7) is 14.9. The van der Waals surface area contributed by atoms with Gasteiger partial charge in [-0.05, 0) is 139 Å². The van der Waals surface area contributed by atoms with Gasteiger partial charge >= 0.3 is 23.9 Å². The van der Waals surface area contributed by atoms with Gasteiger partial charge in [0.25, 0.3) is 0 Å². The molecule has 4 aliphatic rings. The SMILES string of the molecule is CCCCCCCCCCCCCCCC(=O)OCC(COC(=O)CCCCCCCCCCCCCCC)OC(=O)C(C)(C)CCCCCCCC(=O)O[C@@H]1CC[C@@]2(C)[C@@H](CC[C@@H]3[C@@H]2CC[C@]2(C)[C@@H](C(C)=O)CC[C@@H]32)C1. The van der Waals surface area contributed by atoms with Crippen molar-refractivity contribution in [3.63, 3.8) is 0 Å². The minimum Gasteiger partial charge on any atom is -0.462 e. The molecular formula is C68H120O9. The van der Waals surface area contributed by atoms with Gasteiger partial charge in [0.1, 0.15) is 25.1 Å². The van der Waals surface area contributed by atoms with Gasteiger partial charge < -0.3 is 18.9 Å². The van der Waals surface area contributed by atoms with Crippen LogP contribution in [-0.2, 0) is 42.9 Å². The molecule has 9 nitrogen and oxygen atoms in total. The van der Waals surface area contributed by atoms with Gasteiger partial charge in [0, 0.05) is 25.2 Å². The van der Waals surface area contributed by atoms with E-state index in [0.29, 0.717) is 48.7 Å². The molecule has 4 rings (SSSR count). The van der Waals surface area contributed by atoms with Crippen LogP contribution in [0.5, 0.6) is 0 Å². The van der Waals surface area contributed by atoms with Crippen molar-refractivity contribution < 1.29 is 42.9 Å². The van der Waals surface area contributed by atoms with Crippen LogP contribution in [0.2, 0.25) is 0 Å². The highest BCUT2D eigenvalue weighted by Crippen LogP contribution is 2.67. The molecule has 4 aliphatic carbocycles. The van der Waals surface area contributed by atoms with Gasteiger partial charge in [0.2, 0.25) is 0 Å². The number of hydrogen-bond donors (Lipinski definition) is 0.